The number of rotatable bonds is 6. The quantitative estimate of drug-likeness (QED) is 0.839. The van der Waals surface area contributed by atoms with E-state index in [4.69, 9.17) is 5.73 Å². The van der Waals surface area contributed by atoms with E-state index in [1.54, 1.807) is 17.2 Å². The number of aromatic nitrogens is 3. The van der Waals surface area contributed by atoms with Gasteiger partial charge in [0.25, 0.3) is 0 Å². The van der Waals surface area contributed by atoms with Crippen molar-refractivity contribution in [3.63, 3.8) is 0 Å². The van der Waals surface area contributed by atoms with E-state index in [9.17, 15) is 4.79 Å². The zero-order chi connectivity index (χ0) is 14.4. The lowest BCUT2D eigenvalue weighted by molar-refractivity contribution is -0.116. The lowest BCUT2D eigenvalue weighted by Gasteiger charge is -2.11. The van der Waals surface area contributed by atoms with E-state index in [0.29, 0.717) is 6.42 Å². The summed E-state index contributed by atoms with van der Waals surface area (Å²) in [6.07, 6.45) is 5.40. The van der Waals surface area contributed by atoms with Gasteiger partial charge in [0.1, 0.15) is 12.7 Å². The van der Waals surface area contributed by atoms with Crippen molar-refractivity contribution in [3.05, 3.63) is 36.9 Å². The second-order valence-corrected chi connectivity index (χ2v) is 4.72. The van der Waals surface area contributed by atoms with Gasteiger partial charge in [-0.2, -0.15) is 0 Å². The fourth-order valence-electron chi connectivity index (χ4n) is 2.00. The molecule has 1 aromatic carbocycles. The molecule has 20 heavy (non-hydrogen) atoms. The van der Waals surface area contributed by atoms with E-state index in [-0.39, 0.29) is 11.9 Å². The number of benzene rings is 1. The van der Waals surface area contributed by atoms with Crippen molar-refractivity contribution in [2.75, 3.05) is 5.32 Å². The van der Waals surface area contributed by atoms with Crippen molar-refractivity contribution in [2.45, 2.75) is 32.2 Å². The molecule has 2 aromatic rings. The van der Waals surface area contributed by atoms with E-state index >= 15 is 0 Å². The molecule has 1 amide bonds. The van der Waals surface area contributed by atoms with Crippen molar-refractivity contribution in [1.82, 2.24) is 14.8 Å². The molecule has 0 saturated heterocycles. The molecule has 0 fully saturated rings. The van der Waals surface area contributed by atoms with Crippen LogP contribution in [0.25, 0.3) is 5.69 Å². The number of nitrogens with zero attached hydrogens (tertiary/aromatic N) is 3. The molecule has 2 rings (SSSR count). The Hall–Kier alpha value is -2.21. The molecule has 6 nitrogen and oxygen atoms in total. The van der Waals surface area contributed by atoms with Gasteiger partial charge in [0.2, 0.25) is 5.91 Å². The molecule has 3 N–H and O–H groups in total. The summed E-state index contributed by atoms with van der Waals surface area (Å²) >= 11 is 0. The minimum atomic E-state index is -0.0824. The predicted octanol–water partition coefficient (Wildman–Crippen LogP) is 1.72. The smallest absolute Gasteiger partial charge is 0.225 e. The molecule has 1 atom stereocenters. The third-order valence-electron chi connectivity index (χ3n) is 2.95. The lowest BCUT2D eigenvalue weighted by Crippen LogP contribution is -2.26. The molecule has 106 valence electrons. The number of amides is 1. The largest absolute Gasteiger partial charge is 0.327 e. The van der Waals surface area contributed by atoms with Crippen LogP contribution in [0.1, 0.15) is 26.2 Å². The number of anilines is 1. The maximum absolute atomic E-state index is 11.9. The minimum Gasteiger partial charge on any atom is -0.327 e. The molecule has 0 radical (unpaired) electrons. The van der Waals surface area contributed by atoms with Gasteiger partial charge in [0.15, 0.2) is 0 Å². The summed E-state index contributed by atoms with van der Waals surface area (Å²) < 4.78 is 1.78. The number of nitrogens with one attached hydrogen (secondary N) is 1. The highest BCUT2D eigenvalue weighted by atomic mass is 16.1. The Balaban J connectivity index is 1.99. The highest BCUT2D eigenvalue weighted by molar-refractivity contribution is 5.91. The third kappa shape index (κ3) is 3.89. The molecular formula is C14H19N5O. The molecule has 0 spiro atoms. The van der Waals surface area contributed by atoms with E-state index in [2.05, 4.69) is 22.4 Å². The molecule has 0 bridgehead atoms. The van der Waals surface area contributed by atoms with Crippen LogP contribution >= 0.6 is 0 Å². The first-order valence-corrected chi connectivity index (χ1v) is 6.69. The Morgan fingerprint density at radius 3 is 2.85 bits per heavy atom. The Morgan fingerprint density at radius 2 is 2.15 bits per heavy atom. The topological polar surface area (TPSA) is 85.8 Å². The summed E-state index contributed by atoms with van der Waals surface area (Å²) in [6, 6.07) is 7.42. The van der Waals surface area contributed by atoms with Crippen LogP contribution < -0.4 is 11.1 Å². The summed E-state index contributed by atoms with van der Waals surface area (Å²) in [5, 5.41) is 10.4. The van der Waals surface area contributed by atoms with Crippen LogP contribution in [-0.4, -0.2) is 26.7 Å². The molecule has 0 aliphatic carbocycles. The van der Waals surface area contributed by atoms with Crippen LogP contribution in [0.3, 0.4) is 0 Å². The average Bonchev–Trinajstić information content (AvgIpc) is 2.92. The fourth-order valence-corrected chi connectivity index (χ4v) is 2.00. The molecule has 0 saturated carbocycles. The highest BCUT2D eigenvalue weighted by Gasteiger charge is 2.09. The lowest BCUT2D eigenvalue weighted by atomic mass is 10.1. The summed E-state index contributed by atoms with van der Waals surface area (Å²) in [5.41, 5.74) is 7.50. The van der Waals surface area contributed by atoms with Gasteiger partial charge in [0, 0.05) is 18.2 Å². The van der Waals surface area contributed by atoms with Gasteiger partial charge < -0.3 is 11.1 Å². The van der Waals surface area contributed by atoms with Gasteiger partial charge in [-0.1, -0.05) is 19.4 Å². The Kier molecular flexibility index (Phi) is 4.84. The monoisotopic (exact) mass is 273 g/mol. The van der Waals surface area contributed by atoms with Gasteiger partial charge in [-0.15, -0.1) is 10.2 Å². The van der Waals surface area contributed by atoms with E-state index in [0.717, 1.165) is 24.2 Å². The molecule has 0 aliphatic rings. The Labute approximate surface area is 118 Å². The van der Waals surface area contributed by atoms with Crippen molar-refractivity contribution in [1.29, 1.82) is 0 Å². The fraction of sp³-hybridized carbons (Fsp3) is 0.357. The van der Waals surface area contributed by atoms with Crippen LogP contribution in [0.15, 0.2) is 36.9 Å². The van der Waals surface area contributed by atoms with Crippen LogP contribution in [-0.2, 0) is 4.79 Å². The predicted molar refractivity (Wildman–Crippen MR) is 77.5 cm³/mol. The second kappa shape index (κ2) is 6.81. The van der Waals surface area contributed by atoms with Gasteiger partial charge in [-0.25, -0.2) is 0 Å². The van der Waals surface area contributed by atoms with Crippen molar-refractivity contribution >= 4 is 11.6 Å². The van der Waals surface area contributed by atoms with E-state index in [1.807, 2.05) is 24.3 Å². The maximum atomic E-state index is 11.9. The number of carbonyl (C=O) groups is 1. The molecule has 1 heterocycles. The number of nitrogens with two attached hydrogens (primary N) is 1. The average molecular weight is 273 g/mol. The van der Waals surface area contributed by atoms with Crippen molar-refractivity contribution in [2.24, 2.45) is 5.73 Å². The Bertz CT molecular complexity index is 552. The molecule has 6 heteroatoms. The van der Waals surface area contributed by atoms with Gasteiger partial charge in [-0.05, 0) is 24.6 Å². The summed E-state index contributed by atoms with van der Waals surface area (Å²) in [6.45, 7) is 2.06. The zero-order valence-electron chi connectivity index (χ0n) is 11.5. The molecule has 0 aliphatic heterocycles. The number of carbonyl (C=O) groups excluding carboxylic acids is 1. The second-order valence-electron chi connectivity index (χ2n) is 4.72. The van der Waals surface area contributed by atoms with E-state index < -0.39 is 0 Å². The highest BCUT2D eigenvalue weighted by Crippen LogP contribution is 2.14. The van der Waals surface area contributed by atoms with Crippen LogP contribution in [0.2, 0.25) is 0 Å². The first kappa shape index (κ1) is 14.2. The van der Waals surface area contributed by atoms with Gasteiger partial charge in [0.05, 0.1) is 5.69 Å². The van der Waals surface area contributed by atoms with Crippen LogP contribution in [0.5, 0.6) is 0 Å². The first-order chi connectivity index (χ1) is 9.69. The standard InChI is InChI=1S/C14H19N5O/c1-2-4-11(15)7-14(20)18-12-5-3-6-13(8-12)19-9-16-17-10-19/h3,5-6,8-11H,2,4,7,15H2,1H3,(H,18,20). The SMILES string of the molecule is CCCC(N)CC(=O)Nc1cccc(-n2cnnc2)c1. The van der Waals surface area contributed by atoms with Gasteiger partial charge >= 0.3 is 0 Å². The summed E-state index contributed by atoms with van der Waals surface area (Å²) in [7, 11) is 0. The van der Waals surface area contributed by atoms with Crippen LogP contribution in [0.4, 0.5) is 5.69 Å². The maximum Gasteiger partial charge on any atom is 0.225 e. The molecular weight excluding hydrogens is 254 g/mol. The summed E-state index contributed by atoms with van der Waals surface area (Å²) in [5.74, 6) is -0.0631. The summed E-state index contributed by atoms with van der Waals surface area (Å²) in [4.78, 5) is 11.9. The van der Waals surface area contributed by atoms with Crippen LogP contribution in [0, 0.1) is 0 Å². The van der Waals surface area contributed by atoms with Crippen molar-refractivity contribution < 1.29 is 4.79 Å². The van der Waals surface area contributed by atoms with E-state index in [1.165, 1.54) is 0 Å². The number of hydrogen-bond acceptors (Lipinski definition) is 4. The first-order valence-electron chi connectivity index (χ1n) is 6.69. The number of hydrogen-bond donors (Lipinski definition) is 2. The molecule has 1 aromatic heterocycles. The minimum absolute atomic E-state index is 0.0631. The molecule has 1 unspecified atom stereocenters. The van der Waals surface area contributed by atoms with Gasteiger partial charge in [-0.3, -0.25) is 9.36 Å². The Morgan fingerprint density at radius 1 is 1.40 bits per heavy atom. The third-order valence-corrected chi connectivity index (χ3v) is 2.95. The van der Waals surface area contributed by atoms with Crippen molar-refractivity contribution in [3.8, 4) is 5.69 Å². The zero-order valence-corrected chi connectivity index (χ0v) is 11.5. The normalized spacial score (nSPS) is 12.1.